The van der Waals surface area contributed by atoms with E-state index in [0.717, 1.165) is 66.9 Å². The second kappa shape index (κ2) is 14.9. The lowest BCUT2D eigenvalue weighted by atomic mass is 9.47. The number of hydrogen-bond acceptors (Lipinski definition) is 10. The normalized spacial score (nSPS) is 36.7. The molecule has 10 atom stereocenters. The Morgan fingerprint density at radius 3 is 2.58 bits per heavy atom. The Hall–Kier alpha value is -3.94. The number of ether oxygens (including phenoxy) is 2. The van der Waals surface area contributed by atoms with Crippen molar-refractivity contribution in [3.63, 3.8) is 0 Å². The molecule has 60 heavy (non-hydrogen) atoms. The van der Waals surface area contributed by atoms with E-state index in [2.05, 4.69) is 82.5 Å². The molecular formula is C48H65N5O7. The molecule has 1 aromatic heterocycles. The van der Waals surface area contributed by atoms with Crippen molar-refractivity contribution < 1.29 is 34.4 Å². The van der Waals surface area contributed by atoms with Gasteiger partial charge >= 0.3 is 6.09 Å². The first-order valence-electron chi connectivity index (χ1n) is 22.5. The number of piperidine rings is 1. The van der Waals surface area contributed by atoms with Gasteiger partial charge in [0.15, 0.2) is 11.4 Å². The van der Waals surface area contributed by atoms with E-state index in [9.17, 15) is 24.9 Å². The smallest absolute Gasteiger partial charge is 0.407 e. The summed E-state index contributed by atoms with van der Waals surface area (Å²) in [5.74, 6) is 0.274. The number of aromatic nitrogens is 1. The number of aliphatic hydroxyl groups excluding tert-OH is 1. The molecule has 3 fully saturated rings. The minimum Gasteiger partial charge on any atom is -0.496 e. The number of rotatable bonds is 10. The highest BCUT2D eigenvalue weighted by Gasteiger charge is 2.78. The SMILES string of the molecule is CCCCOC(=O)NCC(=O)[C@@]1(O)[C@H](O)[C@]2(CC)C=CCN3CC[C@@]4(c5cc([C@@]6(C)CC7CN(CCc8c6[nH]c6ccccc86)CC(O)(CC)C7)c(OC)cc5N(C)[C@@H]14)C32. The number of H-pyrrole nitrogens is 1. The third kappa shape index (κ3) is 5.80. The quantitative estimate of drug-likeness (QED) is 0.137. The lowest BCUT2D eigenvalue weighted by Crippen LogP contribution is -2.81. The first-order valence-corrected chi connectivity index (χ1v) is 22.5. The molecule has 4 unspecified atom stereocenters. The molecule has 6 aliphatic rings. The molecule has 5 N–H and O–H groups in total. The van der Waals surface area contributed by atoms with Gasteiger partial charge in [0.25, 0.3) is 0 Å². The van der Waals surface area contributed by atoms with Crippen LogP contribution in [0.15, 0.2) is 48.6 Å². The minimum atomic E-state index is -2.26. The van der Waals surface area contributed by atoms with Crippen LogP contribution in [0.4, 0.5) is 10.5 Å². The number of aromatic amines is 1. The Morgan fingerprint density at radius 2 is 1.83 bits per heavy atom. The molecule has 2 saturated heterocycles. The fraction of sp³-hybridized carbons (Fsp3) is 0.625. The van der Waals surface area contributed by atoms with Crippen molar-refractivity contribution in [1.82, 2.24) is 20.1 Å². The van der Waals surface area contributed by atoms with Gasteiger partial charge in [-0.05, 0) is 87.6 Å². The number of benzene rings is 2. The molecule has 324 valence electrons. The number of amides is 1. The van der Waals surface area contributed by atoms with E-state index in [4.69, 9.17) is 9.47 Å². The van der Waals surface area contributed by atoms with Crippen LogP contribution in [0.3, 0.4) is 0 Å². The number of anilines is 1. The molecule has 1 saturated carbocycles. The zero-order valence-electron chi connectivity index (χ0n) is 36.4. The van der Waals surface area contributed by atoms with E-state index in [-0.39, 0.29) is 18.6 Å². The molecule has 6 heterocycles. The predicted octanol–water partition coefficient (Wildman–Crippen LogP) is 5.19. The number of hydrogen-bond donors (Lipinski definition) is 5. The molecule has 2 aromatic carbocycles. The van der Waals surface area contributed by atoms with Gasteiger partial charge < -0.3 is 40.0 Å². The van der Waals surface area contributed by atoms with Crippen LogP contribution in [0, 0.1) is 11.3 Å². The van der Waals surface area contributed by atoms with E-state index >= 15 is 0 Å². The van der Waals surface area contributed by atoms with Gasteiger partial charge in [0.05, 0.1) is 31.9 Å². The summed E-state index contributed by atoms with van der Waals surface area (Å²) in [5, 5.41) is 41.8. The maximum Gasteiger partial charge on any atom is 0.407 e. The maximum absolute atomic E-state index is 14.8. The molecule has 3 aromatic rings. The van der Waals surface area contributed by atoms with Crippen molar-refractivity contribution in [2.45, 2.75) is 119 Å². The van der Waals surface area contributed by atoms with Crippen LogP contribution in [-0.4, -0.2) is 131 Å². The first-order chi connectivity index (χ1) is 28.7. The van der Waals surface area contributed by atoms with Crippen molar-refractivity contribution >= 4 is 28.5 Å². The number of likely N-dealkylation sites (N-methyl/N-ethyl adjacent to an activating group) is 1. The van der Waals surface area contributed by atoms with Crippen LogP contribution in [0.2, 0.25) is 0 Å². The van der Waals surface area contributed by atoms with Crippen molar-refractivity contribution in [3.05, 3.63) is 70.9 Å². The lowest BCUT2D eigenvalue weighted by Gasteiger charge is -2.63. The fourth-order valence-corrected chi connectivity index (χ4v) is 13.6. The Morgan fingerprint density at radius 1 is 1.03 bits per heavy atom. The van der Waals surface area contributed by atoms with Crippen molar-refractivity contribution in [2.75, 3.05) is 64.9 Å². The Labute approximate surface area is 354 Å². The van der Waals surface area contributed by atoms with Crippen LogP contribution >= 0.6 is 0 Å². The summed E-state index contributed by atoms with van der Waals surface area (Å²) in [6.07, 6.45) is 7.70. The predicted molar refractivity (Wildman–Crippen MR) is 232 cm³/mol. The Kier molecular flexibility index (Phi) is 10.3. The molecule has 1 aliphatic carbocycles. The fourth-order valence-electron chi connectivity index (χ4n) is 13.6. The third-order valence-corrected chi connectivity index (χ3v) is 16.2. The number of alkyl carbamates (subject to hydrolysis) is 1. The summed E-state index contributed by atoms with van der Waals surface area (Å²) >= 11 is 0. The minimum absolute atomic E-state index is 0.199. The molecule has 0 radical (unpaired) electrons. The highest BCUT2D eigenvalue weighted by Crippen LogP contribution is 2.67. The number of Topliss-reactive ketones (excluding diaryl/α,β-unsaturated/α-hetero) is 1. The first kappa shape index (κ1) is 41.4. The standard InChI is InChI=1S/C48H65N5O7/c1-7-10-22-60-43(56)49-27-38(54)48(58)41-47(18-21-53-19-13-17-46(9-3,40(47)53)42(48)55)33-23-34(37(59-6)24-36(33)51(41)5)44(4)25-30-26-45(57,8-2)29-52(28-30)20-16-32-31-14-11-12-15-35(31)50-39(32)44/h11-15,17,23-24,30,40-42,50,55,57-58H,7-10,16,18-22,25-29H2,1-6H3,(H,49,56)/t30?,40?,41-,42-,44-,45?,46-,47-,48+/m1/s1. The van der Waals surface area contributed by atoms with Crippen LogP contribution in [-0.2, 0) is 26.8 Å². The molecular weight excluding hydrogens is 759 g/mol. The van der Waals surface area contributed by atoms with E-state index in [1.54, 1.807) is 7.11 Å². The molecule has 1 spiro atoms. The van der Waals surface area contributed by atoms with Gasteiger partial charge in [-0.25, -0.2) is 4.79 Å². The summed E-state index contributed by atoms with van der Waals surface area (Å²) in [7, 11) is 3.64. The van der Waals surface area contributed by atoms with Gasteiger partial charge in [-0.2, -0.15) is 0 Å². The van der Waals surface area contributed by atoms with E-state index in [1.807, 2.05) is 25.8 Å². The van der Waals surface area contributed by atoms with Gasteiger partial charge in [0, 0.05) is 89.4 Å². The van der Waals surface area contributed by atoms with Crippen molar-refractivity contribution in [2.24, 2.45) is 11.3 Å². The highest BCUT2D eigenvalue weighted by molar-refractivity contribution is 5.95. The number of nitrogens with one attached hydrogen (secondary N) is 2. The number of aliphatic hydroxyl groups is 3. The Balaban J connectivity index is 1.24. The van der Waals surface area contributed by atoms with Gasteiger partial charge in [0.2, 0.25) is 0 Å². The zero-order chi connectivity index (χ0) is 42.4. The van der Waals surface area contributed by atoms with Crippen LogP contribution < -0.4 is 15.0 Å². The largest absolute Gasteiger partial charge is 0.496 e. The number of fused-ring (bicyclic) bond motifs is 6. The zero-order valence-corrected chi connectivity index (χ0v) is 36.4. The monoisotopic (exact) mass is 823 g/mol. The third-order valence-electron chi connectivity index (χ3n) is 16.2. The van der Waals surface area contributed by atoms with Gasteiger partial charge in [0.1, 0.15) is 11.9 Å². The van der Waals surface area contributed by atoms with Crippen molar-refractivity contribution in [1.29, 1.82) is 0 Å². The lowest BCUT2D eigenvalue weighted by molar-refractivity contribution is -0.201. The maximum atomic E-state index is 14.8. The topological polar surface area (TPSA) is 151 Å². The molecule has 5 aliphatic heterocycles. The average Bonchev–Trinajstić information content (AvgIpc) is 3.91. The molecule has 12 nitrogen and oxygen atoms in total. The second-order valence-electron chi connectivity index (χ2n) is 19.3. The number of carbonyl (C=O) groups excluding carboxylic acids is 2. The van der Waals surface area contributed by atoms with Crippen LogP contribution in [0.5, 0.6) is 5.75 Å². The number of ketones is 1. The number of methoxy groups -OCH3 is 1. The van der Waals surface area contributed by atoms with E-state index < -0.39 is 58.0 Å². The van der Waals surface area contributed by atoms with Crippen LogP contribution in [0.1, 0.15) is 95.0 Å². The second-order valence-corrected chi connectivity index (χ2v) is 19.3. The number of para-hydroxylation sites is 1. The van der Waals surface area contributed by atoms with E-state index in [0.29, 0.717) is 50.9 Å². The number of unbranched alkanes of at least 4 members (excludes halogenated alkanes) is 1. The molecule has 12 heteroatoms. The van der Waals surface area contributed by atoms with E-state index in [1.165, 1.54) is 10.9 Å². The molecule has 9 rings (SSSR count). The van der Waals surface area contributed by atoms with Gasteiger partial charge in [-0.15, -0.1) is 0 Å². The summed E-state index contributed by atoms with van der Waals surface area (Å²) in [6.45, 7) is 12.1. The van der Waals surface area contributed by atoms with Gasteiger partial charge in [-0.3, -0.25) is 14.6 Å². The Bertz CT molecular complexity index is 2210. The number of carbonyl (C=O) groups is 2. The summed E-state index contributed by atoms with van der Waals surface area (Å²) < 4.78 is 11.8. The van der Waals surface area contributed by atoms with Gasteiger partial charge in [-0.1, -0.05) is 57.5 Å². The molecule has 2 bridgehead atoms. The summed E-state index contributed by atoms with van der Waals surface area (Å²) in [6, 6.07) is 11.9. The number of nitrogens with zero attached hydrogens (tertiary/aromatic N) is 3. The molecule has 1 amide bonds. The summed E-state index contributed by atoms with van der Waals surface area (Å²) in [5.41, 5.74) is 1.13. The van der Waals surface area contributed by atoms with Crippen molar-refractivity contribution in [3.8, 4) is 5.75 Å². The summed E-state index contributed by atoms with van der Waals surface area (Å²) in [4.78, 5) is 38.4. The highest BCUT2D eigenvalue weighted by atomic mass is 16.5. The average molecular weight is 824 g/mol. The van der Waals surface area contributed by atoms with Crippen LogP contribution in [0.25, 0.3) is 10.9 Å².